The van der Waals surface area contributed by atoms with Crippen LogP contribution in [-0.4, -0.2) is 214 Å². The number of nitrogens with zero attached hydrogens (tertiary/aromatic N) is 4. The molecule has 2 saturated heterocycles. The van der Waals surface area contributed by atoms with Crippen molar-refractivity contribution in [2.75, 3.05) is 26.3 Å². The molecule has 0 bridgehead atoms. The summed E-state index contributed by atoms with van der Waals surface area (Å²) in [4.78, 5) is 168. The number of likely N-dealkylation sites (tertiary alicyclic amines) is 1. The topological polar surface area (TPSA) is 567 Å². The maximum Gasteiger partial charge on any atom is 0.394 e. The number of amides is 12. The zero-order chi connectivity index (χ0) is 71.0. The zero-order valence-corrected chi connectivity index (χ0v) is 54.4. The predicted octanol–water partition coefficient (Wildman–Crippen LogP) is -3.85. The third-order valence-corrected chi connectivity index (χ3v) is 14.9. The van der Waals surface area contributed by atoms with Crippen molar-refractivity contribution in [1.82, 2.24) is 63.3 Å². The maximum absolute atomic E-state index is 14.8. The fourth-order valence-corrected chi connectivity index (χ4v) is 10.3. The lowest BCUT2D eigenvalue weighted by Crippen LogP contribution is -2.62. The van der Waals surface area contributed by atoms with Gasteiger partial charge in [0.2, 0.25) is 53.2 Å². The Kier molecular flexibility index (Phi) is 28.9. The van der Waals surface area contributed by atoms with Crippen LogP contribution in [0.15, 0.2) is 69.7 Å². The van der Waals surface area contributed by atoms with Gasteiger partial charge in [0, 0.05) is 62.1 Å². The maximum atomic E-state index is 14.8. The van der Waals surface area contributed by atoms with Crippen molar-refractivity contribution in [3.8, 4) is 5.75 Å². The molecule has 3 aliphatic heterocycles. The molecule has 96 heavy (non-hydrogen) atoms. The fraction of sp³-hybridized carbons (Fsp3) is 0.525. The zero-order valence-electron chi connectivity index (χ0n) is 53.5. The summed E-state index contributed by atoms with van der Waals surface area (Å²) in [7, 11) is -4.67. The van der Waals surface area contributed by atoms with Gasteiger partial charge in [-0.25, -0.2) is 15.2 Å². The quantitative estimate of drug-likeness (QED) is 0.00964. The number of para-hydroxylation sites is 1. The molecular formula is C59H86N18O18S. The number of nitrogens with one attached hydrogen (secondary N) is 11. The van der Waals surface area contributed by atoms with E-state index in [2.05, 4.69) is 67.9 Å². The number of rotatable bonds is 31. The van der Waals surface area contributed by atoms with E-state index >= 15 is 0 Å². The van der Waals surface area contributed by atoms with Gasteiger partial charge in [0.05, 0.1) is 24.9 Å². The van der Waals surface area contributed by atoms with Crippen molar-refractivity contribution >= 4 is 105 Å². The smallest absolute Gasteiger partial charge is 0.394 e. The molecule has 4 heterocycles. The summed E-state index contributed by atoms with van der Waals surface area (Å²) in [5.74, 6) is -8.59. The molecule has 21 N–H and O–H groups in total. The van der Waals surface area contributed by atoms with Gasteiger partial charge in [0.15, 0.2) is 5.96 Å². The number of hydrogen-bond donors (Lipinski definition) is 18. The number of nitrogens with two attached hydrogens (primary N) is 3. The van der Waals surface area contributed by atoms with Crippen LogP contribution in [0.5, 0.6) is 5.75 Å². The average molecular weight is 1370 g/mol. The molecule has 37 heteroatoms. The Morgan fingerprint density at radius 1 is 0.750 bits per heavy atom. The Hall–Kier alpha value is -9.85. The number of hydrogen-bond acceptors (Lipinski definition) is 19. The lowest BCUT2D eigenvalue weighted by Gasteiger charge is -2.31. The number of fused-ring (bicyclic) bond motifs is 1. The average Bonchev–Trinajstić information content (AvgIpc) is 1.28. The van der Waals surface area contributed by atoms with Crippen LogP contribution in [-0.2, 0) is 75.9 Å². The minimum absolute atomic E-state index is 0.00420. The first-order chi connectivity index (χ1) is 45.2. The van der Waals surface area contributed by atoms with Gasteiger partial charge in [-0.15, -0.1) is 0 Å². The van der Waals surface area contributed by atoms with Gasteiger partial charge in [-0.1, -0.05) is 44.2 Å². The minimum atomic E-state index is -4.67. The summed E-state index contributed by atoms with van der Waals surface area (Å²) >= 11 is 0. The number of hydrazine groups is 1. The summed E-state index contributed by atoms with van der Waals surface area (Å²) in [6.45, 7) is 7.28. The molecule has 12 amide bonds. The second-order valence-electron chi connectivity index (χ2n) is 24.2. The van der Waals surface area contributed by atoms with E-state index < -0.39 is 149 Å². The van der Waals surface area contributed by atoms with Gasteiger partial charge in [-0.2, -0.15) is 8.42 Å². The lowest BCUT2D eigenvalue weighted by atomic mass is 10.0. The van der Waals surface area contributed by atoms with Crippen LogP contribution < -0.4 is 70.6 Å². The largest absolute Gasteiger partial charge is 0.508 e. The molecular weight excluding hydrogens is 1280 g/mol. The van der Waals surface area contributed by atoms with Crippen LogP contribution in [0.25, 0.3) is 10.9 Å². The fourth-order valence-electron chi connectivity index (χ4n) is 10.3. The number of ether oxygens (including phenoxy) is 1. The molecule has 0 aliphatic carbocycles. The van der Waals surface area contributed by atoms with Crippen LogP contribution in [0.3, 0.4) is 0 Å². The Morgan fingerprint density at radius 3 is 1.93 bits per heavy atom. The third kappa shape index (κ3) is 25.8. The number of aromatic amines is 1. The number of carbonyl (C=O) groups excluding carboxylic acids is 11. The molecule has 2 fully saturated rings. The molecule has 6 rings (SSSR count). The minimum Gasteiger partial charge on any atom is -0.508 e. The molecule has 0 radical (unpaired) electrons. The van der Waals surface area contributed by atoms with E-state index in [9.17, 15) is 63.0 Å². The lowest BCUT2D eigenvalue weighted by molar-refractivity contribution is -0.142. The summed E-state index contributed by atoms with van der Waals surface area (Å²) in [6, 6.07) is -1.36. The van der Waals surface area contributed by atoms with E-state index in [0.717, 1.165) is 0 Å². The Labute approximate surface area is 552 Å². The molecule has 526 valence electrons. The van der Waals surface area contributed by atoms with Gasteiger partial charge >= 0.3 is 16.4 Å². The van der Waals surface area contributed by atoms with E-state index in [1.54, 1.807) is 65.1 Å². The number of phenolic OH excluding ortho intramolecular Hbond substituents is 1. The monoisotopic (exact) mass is 1370 g/mol. The Balaban J connectivity index is 0.00000321. The molecule has 3 aliphatic rings. The van der Waals surface area contributed by atoms with E-state index in [1.807, 2.05) is 5.43 Å². The summed E-state index contributed by atoms with van der Waals surface area (Å²) < 4.78 is 37.6. The molecule has 0 saturated carbocycles. The molecule has 0 spiro atoms. The highest BCUT2D eigenvalue weighted by Gasteiger charge is 2.40. The van der Waals surface area contributed by atoms with Gasteiger partial charge in [0.1, 0.15) is 66.5 Å². The number of aromatic nitrogens is 1. The van der Waals surface area contributed by atoms with E-state index in [0.29, 0.717) is 28.5 Å². The van der Waals surface area contributed by atoms with Crippen molar-refractivity contribution in [2.24, 2.45) is 38.1 Å². The molecule has 1 aromatic heterocycles. The standard InChI is InChI=1S/C59H84N18O14.H2O4S/c1-31(2)22-40(49(82)68-39(12-8-20-64-57(60)61)56(89)77-21-9-13-46(77)55(88)75-76-58(62)90)69-54(87)45(29-91-59(3,4)5)74-50(83)41(23-32-14-16-35(79)17-15-32)70-53(86)44(28-78)73-51(84)42(24-33-26-65-37-11-7-6-10-36(33)37)71-52(85)43(25-34-27-63-30-66-34)72-48(81)38-18-19-47(80)67-38;1-5(2,3)4/h6-7,10-11,14-17,26-27,30-31,34,38-46,65,78-79H,8-9,12-13,18-25,28-29H2,1-5H3,(H,67,80)(H,68,82)(H,69,87)(H,70,86)(H,71,85)(H,72,81)(H,73,84)(H,74,83)(H,75,88)(H4,60,61,64)(H3,62,76,90);(H2,1,2,3,4). The first-order valence-corrected chi connectivity index (χ1v) is 32.0. The van der Waals surface area contributed by atoms with Crippen LogP contribution in [0.2, 0.25) is 0 Å². The van der Waals surface area contributed by atoms with Crippen molar-refractivity contribution in [3.63, 3.8) is 0 Å². The van der Waals surface area contributed by atoms with Crippen molar-refractivity contribution < 1.29 is 85.2 Å². The SMILES string of the molecule is CC(C)CC(NC(=O)C(COC(C)(C)C)NC(=O)C(Cc1ccc(O)cc1)NC(=O)C(CO)NC(=O)C(Cc1c[nH]c2ccccc12)NC(=O)C(CC1C=NC=N1)NC(=O)C1CCC(=O)N1)C(=O)NC(CCCN=C(N)N)C(=O)N1CCCC1C(=O)NNC(N)=O.O=S(=O)(O)O. The van der Waals surface area contributed by atoms with E-state index in [4.69, 9.17) is 39.5 Å². The second-order valence-corrected chi connectivity index (χ2v) is 25.1. The first kappa shape index (κ1) is 76.9. The highest BCUT2D eigenvalue weighted by Crippen LogP contribution is 2.23. The van der Waals surface area contributed by atoms with Crippen molar-refractivity contribution in [1.29, 1.82) is 0 Å². The number of aliphatic hydroxyl groups is 1. The van der Waals surface area contributed by atoms with E-state index in [1.165, 1.54) is 41.7 Å². The van der Waals surface area contributed by atoms with Crippen LogP contribution in [0.4, 0.5) is 4.79 Å². The number of urea groups is 1. The van der Waals surface area contributed by atoms with Gasteiger partial charge < -0.3 is 84.6 Å². The number of aliphatic imine (C=N–C) groups is 3. The highest BCUT2D eigenvalue weighted by molar-refractivity contribution is 7.79. The summed E-state index contributed by atoms with van der Waals surface area (Å²) in [5.41, 5.74) is 21.1. The number of aliphatic hydroxyl groups excluding tert-OH is 1. The number of primary amides is 1. The van der Waals surface area contributed by atoms with Crippen LogP contribution in [0.1, 0.15) is 97.1 Å². The number of carbonyl (C=O) groups is 11. The third-order valence-electron chi connectivity index (χ3n) is 14.9. The second kappa shape index (κ2) is 36.1. The molecule has 3 aromatic rings. The number of H-pyrrole nitrogens is 1. The normalized spacial score (nSPS) is 17.9. The molecule has 2 aromatic carbocycles. The van der Waals surface area contributed by atoms with E-state index in [-0.39, 0.29) is 94.4 Å². The van der Waals surface area contributed by atoms with Crippen molar-refractivity contribution in [2.45, 2.75) is 165 Å². The highest BCUT2D eigenvalue weighted by atomic mass is 32.3. The van der Waals surface area contributed by atoms with Crippen LogP contribution in [0, 0.1) is 5.92 Å². The van der Waals surface area contributed by atoms with Crippen molar-refractivity contribution in [3.05, 3.63) is 65.9 Å². The summed E-state index contributed by atoms with van der Waals surface area (Å²) in [6.07, 6.45) is 4.87. The van der Waals surface area contributed by atoms with Gasteiger partial charge in [-0.05, 0) is 94.5 Å². The number of aromatic hydroxyl groups is 1. The predicted molar refractivity (Wildman–Crippen MR) is 346 cm³/mol. The first-order valence-electron chi connectivity index (χ1n) is 30.6. The van der Waals surface area contributed by atoms with Gasteiger partial charge in [-0.3, -0.25) is 72.5 Å². The Bertz CT molecular complexity index is 3440. The molecule has 10 atom stereocenters. The number of guanidine groups is 1. The molecule has 10 unspecified atom stereocenters. The molecule has 36 nitrogen and oxygen atoms in total. The van der Waals surface area contributed by atoms with Crippen LogP contribution >= 0.6 is 0 Å². The Morgan fingerprint density at radius 2 is 1.33 bits per heavy atom. The summed E-state index contributed by atoms with van der Waals surface area (Å²) in [5, 5.41) is 42.8. The van der Waals surface area contributed by atoms with Gasteiger partial charge in [0.25, 0.3) is 5.91 Å². The number of phenols is 1. The number of benzene rings is 2.